The number of aromatic amines is 1. The van der Waals surface area contributed by atoms with Crippen molar-refractivity contribution < 1.29 is 9.53 Å². The minimum atomic E-state index is -0.322. The second kappa shape index (κ2) is 7.11. The summed E-state index contributed by atoms with van der Waals surface area (Å²) in [6.07, 6.45) is 3.45. The van der Waals surface area contributed by atoms with Gasteiger partial charge in [-0.05, 0) is 34.1 Å². The third-order valence-corrected chi connectivity index (χ3v) is 3.86. The van der Waals surface area contributed by atoms with Gasteiger partial charge in [-0.2, -0.15) is 5.10 Å². The molecule has 0 radical (unpaired) electrons. The van der Waals surface area contributed by atoms with E-state index in [0.29, 0.717) is 5.75 Å². The molecule has 23 heavy (non-hydrogen) atoms. The lowest BCUT2D eigenvalue weighted by atomic mass is 10.2. The van der Waals surface area contributed by atoms with E-state index in [-0.39, 0.29) is 12.5 Å². The maximum atomic E-state index is 11.7. The van der Waals surface area contributed by atoms with E-state index in [9.17, 15) is 4.79 Å². The molecule has 0 atom stereocenters. The largest absolute Gasteiger partial charge is 0.483 e. The summed E-state index contributed by atoms with van der Waals surface area (Å²) in [6, 6.07) is 15.2. The van der Waals surface area contributed by atoms with E-state index in [2.05, 4.69) is 31.4 Å². The first-order valence-electron chi connectivity index (χ1n) is 6.99. The lowest BCUT2D eigenvalue weighted by Crippen LogP contribution is -2.24. The van der Waals surface area contributed by atoms with Gasteiger partial charge in [0, 0.05) is 22.7 Å². The fourth-order valence-corrected chi connectivity index (χ4v) is 2.51. The Labute approximate surface area is 141 Å². The number of aromatic nitrogens is 1. The van der Waals surface area contributed by atoms with Gasteiger partial charge in [0.25, 0.3) is 5.91 Å². The summed E-state index contributed by atoms with van der Waals surface area (Å²) in [5.41, 5.74) is 4.39. The van der Waals surface area contributed by atoms with Gasteiger partial charge in [-0.15, -0.1) is 0 Å². The Morgan fingerprint density at radius 3 is 2.87 bits per heavy atom. The van der Waals surface area contributed by atoms with Gasteiger partial charge in [0.1, 0.15) is 5.75 Å². The molecule has 0 spiro atoms. The Kier molecular flexibility index (Phi) is 4.73. The van der Waals surface area contributed by atoms with Crippen LogP contribution in [-0.2, 0) is 4.79 Å². The topological polar surface area (TPSA) is 66.5 Å². The van der Waals surface area contributed by atoms with Crippen molar-refractivity contribution in [2.45, 2.75) is 0 Å². The van der Waals surface area contributed by atoms with E-state index in [4.69, 9.17) is 4.74 Å². The van der Waals surface area contributed by atoms with Crippen molar-refractivity contribution in [3.8, 4) is 5.75 Å². The van der Waals surface area contributed by atoms with Gasteiger partial charge in [-0.1, -0.05) is 30.3 Å². The van der Waals surface area contributed by atoms with Gasteiger partial charge in [0.05, 0.1) is 10.7 Å². The zero-order valence-corrected chi connectivity index (χ0v) is 13.7. The van der Waals surface area contributed by atoms with Crippen LogP contribution < -0.4 is 10.2 Å². The van der Waals surface area contributed by atoms with Crippen LogP contribution >= 0.6 is 15.9 Å². The number of carbonyl (C=O) groups excluding carboxylic acids is 1. The molecule has 0 fully saturated rings. The number of nitrogens with zero attached hydrogens (tertiary/aromatic N) is 1. The number of hydrogen-bond donors (Lipinski definition) is 2. The van der Waals surface area contributed by atoms with Gasteiger partial charge in [-0.3, -0.25) is 4.79 Å². The van der Waals surface area contributed by atoms with E-state index in [1.807, 2.05) is 48.7 Å². The highest BCUT2D eigenvalue weighted by Crippen LogP contribution is 2.23. The molecule has 2 aromatic carbocycles. The number of halogens is 1. The van der Waals surface area contributed by atoms with E-state index in [1.165, 1.54) is 0 Å². The number of hydrazone groups is 1. The van der Waals surface area contributed by atoms with Gasteiger partial charge in [-0.25, -0.2) is 5.43 Å². The predicted molar refractivity (Wildman–Crippen MR) is 93.7 cm³/mol. The molecule has 0 aliphatic rings. The van der Waals surface area contributed by atoms with E-state index in [1.54, 1.807) is 12.3 Å². The van der Waals surface area contributed by atoms with Crippen LogP contribution in [0.3, 0.4) is 0 Å². The van der Waals surface area contributed by atoms with Crippen LogP contribution in [0.2, 0.25) is 0 Å². The van der Waals surface area contributed by atoms with Gasteiger partial charge in [0.15, 0.2) is 6.61 Å². The predicted octanol–water partition coefficient (Wildman–Crippen LogP) is 3.46. The molecule has 0 unspecified atom stereocenters. The zero-order valence-electron chi connectivity index (χ0n) is 12.1. The molecule has 3 aromatic rings. The van der Waals surface area contributed by atoms with E-state index >= 15 is 0 Å². The highest BCUT2D eigenvalue weighted by molar-refractivity contribution is 9.10. The summed E-state index contributed by atoms with van der Waals surface area (Å²) in [7, 11) is 0. The third-order valence-electron chi connectivity index (χ3n) is 3.21. The molecule has 0 aliphatic heterocycles. The van der Waals surface area contributed by atoms with Crippen LogP contribution in [0.1, 0.15) is 5.56 Å². The van der Waals surface area contributed by atoms with Crippen molar-refractivity contribution in [1.82, 2.24) is 10.4 Å². The molecule has 5 nitrogen and oxygen atoms in total. The molecule has 0 saturated heterocycles. The maximum Gasteiger partial charge on any atom is 0.277 e. The number of benzene rings is 2. The molecule has 116 valence electrons. The number of carbonyl (C=O) groups is 1. The number of amides is 1. The minimum absolute atomic E-state index is 0.103. The summed E-state index contributed by atoms with van der Waals surface area (Å²) in [5, 5.41) is 5.01. The van der Waals surface area contributed by atoms with Crippen LogP contribution in [0.5, 0.6) is 5.75 Å². The summed E-state index contributed by atoms with van der Waals surface area (Å²) in [5.74, 6) is 0.292. The Balaban J connectivity index is 1.55. The summed E-state index contributed by atoms with van der Waals surface area (Å²) >= 11 is 3.36. The Bertz CT molecular complexity index is 858. The molecule has 0 aliphatic carbocycles. The number of para-hydroxylation sites is 2. The maximum absolute atomic E-state index is 11.7. The first kappa shape index (κ1) is 15.3. The molecule has 0 saturated carbocycles. The molecule has 0 bridgehead atoms. The fraction of sp³-hybridized carbons (Fsp3) is 0.0588. The zero-order chi connectivity index (χ0) is 16.1. The average Bonchev–Trinajstić information content (AvgIpc) is 2.98. The SMILES string of the molecule is O=C(COc1ccccc1Br)N/N=C\c1c[nH]c2ccccc12. The normalized spacial score (nSPS) is 11.0. The number of ether oxygens (including phenoxy) is 1. The van der Waals surface area contributed by atoms with Crippen molar-refractivity contribution in [3.05, 3.63) is 64.8 Å². The van der Waals surface area contributed by atoms with Crippen molar-refractivity contribution in [2.75, 3.05) is 6.61 Å². The molecular weight excluding hydrogens is 358 g/mol. The first-order valence-corrected chi connectivity index (χ1v) is 7.78. The Hall–Kier alpha value is -2.60. The minimum Gasteiger partial charge on any atom is -0.483 e. The molecular formula is C17H14BrN3O2. The standard InChI is InChI=1S/C17H14BrN3O2/c18-14-6-2-4-8-16(14)23-11-17(22)21-20-10-12-9-19-15-7-3-1-5-13(12)15/h1-10,19H,11H2,(H,21,22)/b20-10-. The summed E-state index contributed by atoms with van der Waals surface area (Å²) in [6.45, 7) is -0.103. The number of nitrogens with one attached hydrogen (secondary N) is 2. The number of fused-ring (bicyclic) bond motifs is 1. The fourth-order valence-electron chi connectivity index (χ4n) is 2.11. The summed E-state index contributed by atoms with van der Waals surface area (Å²) in [4.78, 5) is 14.9. The molecule has 3 rings (SSSR count). The first-order chi connectivity index (χ1) is 11.2. The second-order valence-electron chi connectivity index (χ2n) is 4.80. The number of H-pyrrole nitrogens is 1. The highest BCUT2D eigenvalue weighted by atomic mass is 79.9. The second-order valence-corrected chi connectivity index (χ2v) is 5.66. The van der Waals surface area contributed by atoms with E-state index in [0.717, 1.165) is 20.9 Å². The van der Waals surface area contributed by atoms with Gasteiger partial charge >= 0.3 is 0 Å². The Morgan fingerprint density at radius 1 is 1.22 bits per heavy atom. The molecule has 1 amide bonds. The van der Waals surface area contributed by atoms with Crippen molar-refractivity contribution >= 4 is 39.0 Å². The molecule has 1 heterocycles. The van der Waals surface area contributed by atoms with Crippen LogP contribution in [0.15, 0.2) is 64.3 Å². The van der Waals surface area contributed by atoms with E-state index < -0.39 is 0 Å². The summed E-state index contributed by atoms with van der Waals surface area (Å²) < 4.78 is 6.22. The van der Waals surface area contributed by atoms with Crippen molar-refractivity contribution in [2.24, 2.45) is 5.10 Å². The van der Waals surface area contributed by atoms with Crippen LogP contribution in [0, 0.1) is 0 Å². The van der Waals surface area contributed by atoms with Gasteiger partial charge in [0.2, 0.25) is 0 Å². The molecule has 2 N–H and O–H groups in total. The van der Waals surface area contributed by atoms with Gasteiger partial charge < -0.3 is 9.72 Å². The van der Waals surface area contributed by atoms with Crippen LogP contribution in [-0.4, -0.2) is 23.7 Å². The van der Waals surface area contributed by atoms with Crippen molar-refractivity contribution in [1.29, 1.82) is 0 Å². The van der Waals surface area contributed by atoms with Crippen LogP contribution in [0.25, 0.3) is 10.9 Å². The monoisotopic (exact) mass is 371 g/mol. The molecule has 1 aromatic heterocycles. The van der Waals surface area contributed by atoms with Crippen LogP contribution in [0.4, 0.5) is 0 Å². The number of rotatable bonds is 5. The lowest BCUT2D eigenvalue weighted by molar-refractivity contribution is -0.123. The number of hydrogen-bond acceptors (Lipinski definition) is 3. The molecule has 6 heteroatoms. The average molecular weight is 372 g/mol. The highest BCUT2D eigenvalue weighted by Gasteiger charge is 2.04. The smallest absolute Gasteiger partial charge is 0.277 e. The quantitative estimate of drug-likeness (QED) is 0.532. The third kappa shape index (κ3) is 3.78. The lowest BCUT2D eigenvalue weighted by Gasteiger charge is -2.06. The van der Waals surface area contributed by atoms with Crippen molar-refractivity contribution in [3.63, 3.8) is 0 Å². The Morgan fingerprint density at radius 2 is 2.00 bits per heavy atom.